The zero-order valence-electron chi connectivity index (χ0n) is 11.5. The van der Waals surface area contributed by atoms with Crippen LogP contribution in [0.3, 0.4) is 0 Å². The van der Waals surface area contributed by atoms with Crippen molar-refractivity contribution < 1.29 is 4.74 Å². The Morgan fingerprint density at radius 2 is 2.26 bits per heavy atom. The quantitative estimate of drug-likeness (QED) is 0.910. The maximum Gasteiger partial charge on any atom is 0.123 e. The summed E-state index contributed by atoms with van der Waals surface area (Å²) >= 11 is 0. The standard InChI is InChI=1S/C16H20N2O/c1-11(2)19-15-8-4-6-12-5-3-7-13(16(12)15)14-9-17-10-18-14/h4,6,8-11,13H,3,5,7H2,1-2H3,(H,17,18). The third-order valence-corrected chi connectivity index (χ3v) is 3.70. The molecule has 0 amide bonds. The van der Waals surface area contributed by atoms with Crippen LogP contribution >= 0.6 is 0 Å². The molecule has 0 spiro atoms. The third kappa shape index (κ3) is 2.37. The number of aromatic amines is 1. The molecule has 0 saturated heterocycles. The Hall–Kier alpha value is -1.77. The molecule has 0 aliphatic heterocycles. The van der Waals surface area contributed by atoms with Crippen LogP contribution in [0.25, 0.3) is 0 Å². The fraction of sp³-hybridized carbons (Fsp3) is 0.438. The first-order chi connectivity index (χ1) is 9.25. The Labute approximate surface area is 114 Å². The lowest BCUT2D eigenvalue weighted by molar-refractivity contribution is 0.238. The fourth-order valence-corrected chi connectivity index (χ4v) is 2.97. The van der Waals surface area contributed by atoms with E-state index in [0.717, 1.165) is 18.6 Å². The number of rotatable bonds is 3. The van der Waals surface area contributed by atoms with E-state index in [0.29, 0.717) is 5.92 Å². The second-order valence-electron chi connectivity index (χ2n) is 5.45. The summed E-state index contributed by atoms with van der Waals surface area (Å²) in [7, 11) is 0. The predicted octanol–water partition coefficient (Wildman–Crippen LogP) is 3.67. The number of nitrogens with zero attached hydrogens (tertiary/aromatic N) is 1. The lowest BCUT2D eigenvalue weighted by Gasteiger charge is -2.27. The number of hydrogen-bond acceptors (Lipinski definition) is 2. The van der Waals surface area contributed by atoms with Gasteiger partial charge in [-0.1, -0.05) is 12.1 Å². The average Bonchev–Trinajstić information content (AvgIpc) is 2.91. The number of H-pyrrole nitrogens is 1. The molecule has 3 nitrogen and oxygen atoms in total. The van der Waals surface area contributed by atoms with E-state index >= 15 is 0 Å². The molecule has 1 aliphatic rings. The van der Waals surface area contributed by atoms with E-state index in [1.165, 1.54) is 23.2 Å². The molecule has 100 valence electrons. The molecule has 0 fully saturated rings. The minimum Gasteiger partial charge on any atom is -0.491 e. The van der Waals surface area contributed by atoms with E-state index < -0.39 is 0 Å². The highest BCUT2D eigenvalue weighted by Gasteiger charge is 2.26. The van der Waals surface area contributed by atoms with Crippen LogP contribution < -0.4 is 4.74 Å². The van der Waals surface area contributed by atoms with Gasteiger partial charge < -0.3 is 9.72 Å². The molecule has 1 aromatic heterocycles. The average molecular weight is 256 g/mol. The van der Waals surface area contributed by atoms with Crippen LogP contribution in [-0.2, 0) is 6.42 Å². The molecular weight excluding hydrogens is 236 g/mol. The zero-order valence-corrected chi connectivity index (χ0v) is 11.5. The Kier molecular flexibility index (Phi) is 3.28. The summed E-state index contributed by atoms with van der Waals surface area (Å²) < 4.78 is 6.01. The largest absolute Gasteiger partial charge is 0.491 e. The highest BCUT2D eigenvalue weighted by atomic mass is 16.5. The van der Waals surface area contributed by atoms with Gasteiger partial charge in [-0.25, -0.2) is 4.98 Å². The van der Waals surface area contributed by atoms with Crippen LogP contribution in [0.2, 0.25) is 0 Å². The Morgan fingerprint density at radius 3 is 3.00 bits per heavy atom. The zero-order chi connectivity index (χ0) is 13.2. The van der Waals surface area contributed by atoms with E-state index in [1.54, 1.807) is 6.33 Å². The number of aromatic nitrogens is 2. The number of nitrogens with one attached hydrogen (secondary N) is 1. The summed E-state index contributed by atoms with van der Waals surface area (Å²) in [6, 6.07) is 6.42. The predicted molar refractivity (Wildman–Crippen MR) is 75.6 cm³/mol. The molecule has 1 atom stereocenters. The molecule has 1 heterocycles. The van der Waals surface area contributed by atoms with Crippen LogP contribution in [0.5, 0.6) is 5.75 Å². The first-order valence-corrected chi connectivity index (χ1v) is 7.02. The van der Waals surface area contributed by atoms with Crippen molar-refractivity contribution in [2.24, 2.45) is 0 Å². The van der Waals surface area contributed by atoms with Gasteiger partial charge in [-0.05, 0) is 44.7 Å². The fourth-order valence-electron chi connectivity index (χ4n) is 2.97. The summed E-state index contributed by atoms with van der Waals surface area (Å²) in [6.07, 6.45) is 7.43. The van der Waals surface area contributed by atoms with Crippen molar-refractivity contribution in [3.05, 3.63) is 47.5 Å². The summed E-state index contributed by atoms with van der Waals surface area (Å²) in [5.74, 6) is 1.42. The lowest BCUT2D eigenvalue weighted by Crippen LogP contribution is -2.15. The molecule has 0 saturated carbocycles. The Bertz CT molecular complexity index is 546. The van der Waals surface area contributed by atoms with Crippen LogP contribution in [0.4, 0.5) is 0 Å². The van der Waals surface area contributed by atoms with Gasteiger partial charge in [0.2, 0.25) is 0 Å². The highest BCUT2D eigenvalue weighted by molar-refractivity contribution is 5.47. The number of imidazole rings is 1. The van der Waals surface area contributed by atoms with Crippen molar-refractivity contribution in [3.8, 4) is 5.75 Å². The van der Waals surface area contributed by atoms with Gasteiger partial charge in [0.15, 0.2) is 0 Å². The maximum atomic E-state index is 6.01. The number of benzene rings is 1. The molecule has 1 unspecified atom stereocenters. The number of ether oxygens (including phenoxy) is 1. The van der Waals surface area contributed by atoms with Crippen molar-refractivity contribution in [2.45, 2.75) is 45.1 Å². The minimum absolute atomic E-state index is 0.204. The second-order valence-corrected chi connectivity index (χ2v) is 5.45. The van der Waals surface area contributed by atoms with Gasteiger partial charge in [0.25, 0.3) is 0 Å². The van der Waals surface area contributed by atoms with Gasteiger partial charge in [-0.3, -0.25) is 0 Å². The van der Waals surface area contributed by atoms with Crippen molar-refractivity contribution >= 4 is 0 Å². The van der Waals surface area contributed by atoms with Gasteiger partial charge in [-0.2, -0.15) is 0 Å². The molecule has 19 heavy (non-hydrogen) atoms. The summed E-state index contributed by atoms with van der Waals surface area (Å²) in [4.78, 5) is 7.43. The van der Waals surface area contributed by atoms with Crippen molar-refractivity contribution in [1.82, 2.24) is 9.97 Å². The van der Waals surface area contributed by atoms with Crippen LogP contribution in [0.15, 0.2) is 30.7 Å². The molecule has 1 N–H and O–H groups in total. The molecule has 3 heteroatoms. The monoisotopic (exact) mass is 256 g/mol. The number of hydrogen-bond donors (Lipinski definition) is 1. The molecule has 0 bridgehead atoms. The second kappa shape index (κ2) is 5.08. The van der Waals surface area contributed by atoms with E-state index in [2.05, 4.69) is 42.0 Å². The van der Waals surface area contributed by atoms with Crippen LogP contribution in [0.1, 0.15) is 49.4 Å². The van der Waals surface area contributed by atoms with Gasteiger partial charge in [0.05, 0.1) is 12.4 Å². The Balaban J connectivity index is 2.06. The SMILES string of the molecule is CC(C)Oc1cccc2c1C(c1cnc[nH]1)CCC2. The summed E-state index contributed by atoms with van der Waals surface area (Å²) in [6.45, 7) is 4.15. The topological polar surface area (TPSA) is 37.9 Å². The minimum atomic E-state index is 0.204. The van der Waals surface area contributed by atoms with E-state index in [9.17, 15) is 0 Å². The van der Waals surface area contributed by atoms with Gasteiger partial charge in [0, 0.05) is 23.4 Å². The maximum absolute atomic E-state index is 6.01. The third-order valence-electron chi connectivity index (χ3n) is 3.70. The number of aryl methyl sites for hydroxylation is 1. The van der Waals surface area contributed by atoms with E-state index in [-0.39, 0.29) is 6.10 Å². The first-order valence-electron chi connectivity index (χ1n) is 7.02. The van der Waals surface area contributed by atoms with E-state index in [1.807, 2.05) is 6.20 Å². The highest BCUT2D eigenvalue weighted by Crippen LogP contribution is 2.41. The van der Waals surface area contributed by atoms with Crippen molar-refractivity contribution in [1.29, 1.82) is 0 Å². The van der Waals surface area contributed by atoms with Gasteiger partial charge >= 0.3 is 0 Å². The smallest absolute Gasteiger partial charge is 0.123 e. The van der Waals surface area contributed by atoms with Gasteiger partial charge in [-0.15, -0.1) is 0 Å². The normalized spacial score (nSPS) is 18.4. The molecule has 2 aromatic rings. The van der Waals surface area contributed by atoms with Crippen LogP contribution in [0, 0.1) is 0 Å². The molecule has 1 aliphatic carbocycles. The van der Waals surface area contributed by atoms with Gasteiger partial charge in [0.1, 0.15) is 5.75 Å². The summed E-state index contributed by atoms with van der Waals surface area (Å²) in [5.41, 5.74) is 3.97. The molecular formula is C16H20N2O. The Morgan fingerprint density at radius 1 is 1.37 bits per heavy atom. The lowest BCUT2D eigenvalue weighted by atomic mass is 9.80. The molecule has 0 radical (unpaired) electrons. The molecule has 3 rings (SSSR count). The van der Waals surface area contributed by atoms with Crippen molar-refractivity contribution in [2.75, 3.05) is 0 Å². The first kappa shape index (κ1) is 12.3. The number of fused-ring (bicyclic) bond motifs is 1. The van der Waals surface area contributed by atoms with Crippen molar-refractivity contribution in [3.63, 3.8) is 0 Å². The van der Waals surface area contributed by atoms with Crippen LogP contribution in [-0.4, -0.2) is 16.1 Å². The van der Waals surface area contributed by atoms with E-state index in [4.69, 9.17) is 4.74 Å². The molecule has 1 aromatic carbocycles. The summed E-state index contributed by atoms with van der Waals surface area (Å²) in [5, 5.41) is 0.